The minimum absolute atomic E-state index is 0.615. The standard InChI is InChI=1S/C36H38N6/c1-7-28(22-39-23-29-13-10-9-11-14-29)21-30(8-2)33-16-17-34(37-6)35(42-33)25(3)27(5)41-36-26(4)32(18-20-40-36)31-15-12-19-38-24-31/h7-21,24,37,39H,1,3,5,22-23H2,2,4,6H3,(H,40,41)/b28-21+,30-8+. The summed E-state index contributed by atoms with van der Waals surface area (Å²) in [5, 5.41) is 10.1. The molecule has 0 aliphatic heterocycles. The first-order valence-corrected chi connectivity index (χ1v) is 13.9. The maximum absolute atomic E-state index is 5.02. The summed E-state index contributed by atoms with van der Waals surface area (Å²) in [7, 11) is 1.87. The zero-order valence-corrected chi connectivity index (χ0v) is 24.6. The Balaban J connectivity index is 1.54. The van der Waals surface area contributed by atoms with Crippen LogP contribution in [0.25, 0.3) is 22.3 Å². The van der Waals surface area contributed by atoms with Gasteiger partial charge in [0.1, 0.15) is 5.82 Å². The maximum Gasteiger partial charge on any atom is 0.133 e. The topological polar surface area (TPSA) is 74.8 Å². The van der Waals surface area contributed by atoms with E-state index in [2.05, 4.69) is 69.9 Å². The molecule has 0 unspecified atom stereocenters. The molecule has 3 aromatic heterocycles. The molecule has 0 saturated carbocycles. The Morgan fingerprint density at radius 1 is 0.976 bits per heavy atom. The molecule has 0 saturated heterocycles. The van der Waals surface area contributed by atoms with Crippen molar-refractivity contribution in [2.75, 3.05) is 24.2 Å². The normalized spacial score (nSPS) is 11.6. The molecule has 212 valence electrons. The first-order chi connectivity index (χ1) is 20.4. The summed E-state index contributed by atoms with van der Waals surface area (Å²) in [5.74, 6) is 0.709. The Bertz CT molecular complexity index is 1620. The van der Waals surface area contributed by atoms with E-state index in [0.29, 0.717) is 29.3 Å². The van der Waals surface area contributed by atoms with Crippen molar-refractivity contribution in [3.8, 4) is 11.1 Å². The molecule has 42 heavy (non-hydrogen) atoms. The van der Waals surface area contributed by atoms with Crippen LogP contribution in [0.4, 0.5) is 11.5 Å². The summed E-state index contributed by atoms with van der Waals surface area (Å²) < 4.78 is 0. The van der Waals surface area contributed by atoms with Crippen LogP contribution in [0, 0.1) is 6.92 Å². The van der Waals surface area contributed by atoms with Crippen LogP contribution >= 0.6 is 0 Å². The summed E-state index contributed by atoms with van der Waals surface area (Å²) in [6, 6.07) is 20.3. The second kappa shape index (κ2) is 14.5. The Kier molecular flexibility index (Phi) is 10.3. The van der Waals surface area contributed by atoms with Gasteiger partial charge in [0.25, 0.3) is 0 Å². The number of allylic oxidation sites excluding steroid dienone is 4. The fourth-order valence-electron chi connectivity index (χ4n) is 4.54. The average molecular weight is 555 g/mol. The lowest BCUT2D eigenvalue weighted by Crippen LogP contribution is -2.16. The Morgan fingerprint density at radius 3 is 2.48 bits per heavy atom. The van der Waals surface area contributed by atoms with Crippen molar-refractivity contribution < 1.29 is 0 Å². The monoisotopic (exact) mass is 554 g/mol. The third kappa shape index (κ3) is 7.36. The van der Waals surface area contributed by atoms with Gasteiger partial charge in [-0.2, -0.15) is 0 Å². The molecule has 1 aromatic carbocycles. The molecule has 0 bridgehead atoms. The molecular formula is C36H38N6. The van der Waals surface area contributed by atoms with E-state index in [4.69, 9.17) is 4.98 Å². The van der Waals surface area contributed by atoms with Gasteiger partial charge in [0, 0.05) is 55.6 Å². The lowest BCUT2D eigenvalue weighted by Gasteiger charge is -2.18. The van der Waals surface area contributed by atoms with E-state index in [-0.39, 0.29) is 0 Å². The zero-order chi connectivity index (χ0) is 29.9. The second-order valence-corrected chi connectivity index (χ2v) is 9.76. The number of hydrogen-bond donors (Lipinski definition) is 3. The Hall–Kier alpha value is -5.07. The first kappa shape index (κ1) is 29.9. The second-order valence-electron chi connectivity index (χ2n) is 9.76. The van der Waals surface area contributed by atoms with Gasteiger partial charge >= 0.3 is 0 Å². The minimum Gasteiger partial charge on any atom is -0.386 e. The first-order valence-electron chi connectivity index (χ1n) is 13.9. The summed E-state index contributed by atoms with van der Waals surface area (Å²) in [6.45, 7) is 18.2. The number of hydrogen-bond acceptors (Lipinski definition) is 6. The van der Waals surface area contributed by atoms with Gasteiger partial charge in [0.05, 0.1) is 17.1 Å². The molecular weight excluding hydrogens is 516 g/mol. The predicted octanol–water partition coefficient (Wildman–Crippen LogP) is 7.83. The number of nitrogens with one attached hydrogen (secondary N) is 3. The van der Waals surface area contributed by atoms with E-state index in [1.165, 1.54) is 5.56 Å². The van der Waals surface area contributed by atoms with E-state index >= 15 is 0 Å². The lowest BCUT2D eigenvalue weighted by molar-refractivity contribution is 0.747. The molecule has 0 amide bonds. The van der Waals surface area contributed by atoms with Crippen molar-refractivity contribution in [2.45, 2.75) is 20.4 Å². The quantitative estimate of drug-likeness (QED) is 0.146. The van der Waals surface area contributed by atoms with Crippen molar-refractivity contribution in [1.82, 2.24) is 20.3 Å². The van der Waals surface area contributed by atoms with E-state index in [1.54, 1.807) is 12.4 Å². The molecule has 4 rings (SSSR count). The highest BCUT2D eigenvalue weighted by Gasteiger charge is 2.15. The molecule has 0 aliphatic rings. The van der Waals surface area contributed by atoms with Gasteiger partial charge in [0.15, 0.2) is 0 Å². The van der Waals surface area contributed by atoms with Gasteiger partial charge in [-0.15, -0.1) is 0 Å². The number of nitrogens with zero attached hydrogens (tertiary/aromatic N) is 3. The van der Waals surface area contributed by atoms with E-state index < -0.39 is 0 Å². The van der Waals surface area contributed by atoms with Gasteiger partial charge < -0.3 is 16.0 Å². The maximum atomic E-state index is 5.02. The van der Waals surface area contributed by atoms with Crippen LogP contribution in [-0.4, -0.2) is 28.5 Å². The average Bonchev–Trinajstić information content (AvgIpc) is 3.04. The highest BCUT2D eigenvalue weighted by atomic mass is 15.0. The summed E-state index contributed by atoms with van der Waals surface area (Å²) in [5.41, 5.74) is 10.0. The number of benzene rings is 1. The predicted molar refractivity (Wildman–Crippen MR) is 178 cm³/mol. The van der Waals surface area contributed by atoms with Gasteiger partial charge in [-0.05, 0) is 72.0 Å². The lowest BCUT2D eigenvalue weighted by atomic mass is 10.0. The summed E-state index contributed by atoms with van der Waals surface area (Å²) in [6.07, 6.45) is 11.4. The SMILES string of the molecule is C=C/C(=C\C(=C/C)c1ccc(NC)c(C(=C)C(=C)Nc2nccc(-c3cccnc3)c2C)n1)CNCc1ccccc1. The zero-order valence-electron chi connectivity index (χ0n) is 24.6. The number of pyridine rings is 3. The number of aromatic nitrogens is 3. The van der Waals surface area contributed by atoms with Gasteiger partial charge in [-0.3, -0.25) is 4.98 Å². The van der Waals surface area contributed by atoms with Gasteiger partial charge in [0.2, 0.25) is 0 Å². The van der Waals surface area contributed by atoms with Crippen molar-refractivity contribution in [3.05, 3.63) is 151 Å². The Labute approximate surface area is 249 Å². The van der Waals surface area contributed by atoms with Crippen LogP contribution < -0.4 is 16.0 Å². The van der Waals surface area contributed by atoms with Crippen molar-refractivity contribution in [3.63, 3.8) is 0 Å². The van der Waals surface area contributed by atoms with Crippen molar-refractivity contribution in [1.29, 1.82) is 0 Å². The third-order valence-corrected chi connectivity index (χ3v) is 6.97. The fraction of sp³-hybridized carbons (Fsp3) is 0.139. The smallest absolute Gasteiger partial charge is 0.133 e. The number of anilines is 2. The van der Waals surface area contributed by atoms with Gasteiger partial charge in [-0.1, -0.05) is 68.3 Å². The van der Waals surface area contributed by atoms with Crippen molar-refractivity contribution >= 4 is 22.7 Å². The summed E-state index contributed by atoms with van der Waals surface area (Å²) in [4.78, 5) is 13.8. The molecule has 6 heteroatoms. The Morgan fingerprint density at radius 2 is 1.79 bits per heavy atom. The molecule has 3 heterocycles. The highest BCUT2D eigenvalue weighted by Crippen LogP contribution is 2.31. The molecule has 3 N–H and O–H groups in total. The fourth-order valence-corrected chi connectivity index (χ4v) is 4.54. The van der Waals surface area contributed by atoms with Crippen LogP contribution in [0.5, 0.6) is 0 Å². The van der Waals surface area contributed by atoms with Crippen LogP contribution in [0.2, 0.25) is 0 Å². The van der Waals surface area contributed by atoms with Crippen LogP contribution in [0.3, 0.4) is 0 Å². The molecule has 6 nitrogen and oxygen atoms in total. The highest BCUT2D eigenvalue weighted by molar-refractivity contribution is 5.86. The molecule has 4 aromatic rings. The van der Waals surface area contributed by atoms with Crippen LogP contribution in [-0.2, 0) is 6.54 Å². The van der Waals surface area contributed by atoms with Gasteiger partial charge in [-0.25, -0.2) is 9.97 Å². The van der Waals surface area contributed by atoms with Crippen LogP contribution in [0.1, 0.15) is 29.4 Å². The van der Waals surface area contributed by atoms with E-state index in [1.807, 2.05) is 81.7 Å². The summed E-state index contributed by atoms with van der Waals surface area (Å²) >= 11 is 0. The minimum atomic E-state index is 0.615. The molecule has 0 atom stereocenters. The van der Waals surface area contributed by atoms with E-state index in [0.717, 1.165) is 45.8 Å². The largest absolute Gasteiger partial charge is 0.386 e. The molecule has 0 aliphatic carbocycles. The third-order valence-electron chi connectivity index (χ3n) is 6.97. The van der Waals surface area contributed by atoms with Crippen LogP contribution in [0.15, 0.2) is 128 Å². The van der Waals surface area contributed by atoms with E-state index in [9.17, 15) is 0 Å². The molecule has 0 fully saturated rings. The molecule has 0 radical (unpaired) electrons. The molecule has 0 spiro atoms. The number of rotatable bonds is 13. The van der Waals surface area contributed by atoms with Crippen molar-refractivity contribution in [2.24, 2.45) is 0 Å².